The lowest BCUT2D eigenvalue weighted by Gasteiger charge is -2.39. The lowest BCUT2D eigenvalue weighted by molar-refractivity contribution is 0.0927. The van der Waals surface area contributed by atoms with Crippen LogP contribution in [0.15, 0.2) is 0 Å². The first-order chi connectivity index (χ1) is 5.79. The summed E-state index contributed by atoms with van der Waals surface area (Å²) < 4.78 is 0. The molecular weight excluding hydrogens is 148 g/mol. The Bertz CT molecular complexity index is 156. The fraction of sp³-hybridized carbons (Fsp3) is 1.00. The first-order valence-electron chi connectivity index (χ1n) is 5.25. The summed E-state index contributed by atoms with van der Waals surface area (Å²) in [5, 5.41) is 3.51. The van der Waals surface area contributed by atoms with E-state index in [-0.39, 0.29) is 0 Å². The predicted octanol–water partition coefficient (Wildman–Crippen LogP) is 1.08. The van der Waals surface area contributed by atoms with Gasteiger partial charge in [0.25, 0.3) is 0 Å². The van der Waals surface area contributed by atoms with Gasteiger partial charge in [0, 0.05) is 18.6 Å². The number of fused-ring (bicyclic) bond motifs is 1. The van der Waals surface area contributed by atoms with Gasteiger partial charge in [-0.2, -0.15) is 0 Å². The lowest BCUT2D eigenvalue weighted by atomic mass is 9.91. The minimum absolute atomic E-state index is 0.734. The van der Waals surface area contributed by atoms with Crippen LogP contribution in [0.25, 0.3) is 0 Å². The summed E-state index contributed by atoms with van der Waals surface area (Å²) >= 11 is 0. The van der Waals surface area contributed by atoms with Crippen molar-refractivity contribution in [3.8, 4) is 0 Å². The Morgan fingerprint density at radius 1 is 1.33 bits per heavy atom. The van der Waals surface area contributed by atoms with Gasteiger partial charge in [0.1, 0.15) is 0 Å². The molecule has 2 heteroatoms. The van der Waals surface area contributed by atoms with Crippen molar-refractivity contribution in [2.24, 2.45) is 5.92 Å². The molecule has 2 aliphatic heterocycles. The monoisotopic (exact) mass is 168 g/mol. The first-order valence-corrected chi connectivity index (χ1v) is 5.25. The Balaban J connectivity index is 2.03. The van der Waals surface area contributed by atoms with Gasteiger partial charge in [-0.3, -0.25) is 4.90 Å². The smallest absolute Gasteiger partial charge is 0.0263 e. The van der Waals surface area contributed by atoms with E-state index in [2.05, 4.69) is 24.1 Å². The predicted molar refractivity (Wildman–Crippen MR) is 51.2 cm³/mol. The number of hydrogen-bond donors (Lipinski definition) is 1. The van der Waals surface area contributed by atoms with Crippen LogP contribution in [0.1, 0.15) is 26.7 Å². The van der Waals surface area contributed by atoms with Crippen LogP contribution in [0.4, 0.5) is 0 Å². The van der Waals surface area contributed by atoms with E-state index in [1.54, 1.807) is 0 Å². The Morgan fingerprint density at radius 2 is 2.17 bits per heavy atom. The maximum absolute atomic E-state index is 3.51. The number of nitrogens with one attached hydrogen (secondary N) is 1. The van der Waals surface area contributed by atoms with E-state index in [9.17, 15) is 0 Å². The molecule has 0 amide bonds. The van der Waals surface area contributed by atoms with Crippen molar-refractivity contribution in [3.05, 3.63) is 0 Å². The van der Waals surface area contributed by atoms with E-state index < -0.39 is 0 Å². The van der Waals surface area contributed by atoms with Crippen molar-refractivity contribution in [2.45, 2.75) is 38.8 Å². The van der Waals surface area contributed by atoms with E-state index in [4.69, 9.17) is 0 Å². The second kappa shape index (κ2) is 3.35. The Hall–Kier alpha value is -0.0800. The summed E-state index contributed by atoms with van der Waals surface area (Å²) in [6.45, 7) is 8.44. The van der Waals surface area contributed by atoms with E-state index >= 15 is 0 Å². The molecule has 2 fully saturated rings. The second-order valence-electron chi connectivity index (χ2n) is 4.46. The zero-order valence-corrected chi connectivity index (χ0v) is 8.21. The van der Waals surface area contributed by atoms with E-state index in [0.717, 1.165) is 18.0 Å². The summed E-state index contributed by atoms with van der Waals surface area (Å²) in [6.07, 6.45) is 2.85. The highest BCUT2D eigenvalue weighted by atomic mass is 15.2. The minimum atomic E-state index is 0.734. The van der Waals surface area contributed by atoms with Gasteiger partial charge in [-0.25, -0.2) is 0 Å². The van der Waals surface area contributed by atoms with Crippen molar-refractivity contribution in [1.82, 2.24) is 10.2 Å². The van der Waals surface area contributed by atoms with Crippen molar-refractivity contribution in [3.63, 3.8) is 0 Å². The second-order valence-corrected chi connectivity index (χ2v) is 4.46. The Morgan fingerprint density at radius 3 is 2.92 bits per heavy atom. The summed E-state index contributed by atoms with van der Waals surface area (Å²) in [7, 11) is 0. The maximum atomic E-state index is 3.51. The fourth-order valence-corrected chi connectivity index (χ4v) is 2.74. The molecule has 0 saturated carbocycles. The van der Waals surface area contributed by atoms with Gasteiger partial charge in [-0.15, -0.1) is 0 Å². The quantitative estimate of drug-likeness (QED) is 0.630. The molecule has 2 saturated heterocycles. The molecule has 2 atom stereocenters. The van der Waals surface area contributed by atoms with E-state index in [1.807, 2.05) is 0 Å². The fourth-order valence-electron chi connectivity index (χ4n) is 2.74. The van der Waals surface area contributed by atoms with Crippen LogP contribution in [0, 0.1) is 5.92 Å². The van der Waals surface area contributed by atoms with Crippen molar-refractivity contribution in [2.75, 3.05) is 19.6 Å². The van der Waals surface area contributed by atoms with Crippen LogP contribution in [0.2, 0.25) is 0 Å². The lowest BCUT2D eigenvalue weighted by Crippen LogP contribution is -2.48. The Labute approximate surface area is 75.3 Å². The number of likely N-dealkylation sites (tertiary alicyclic amines) is 1. The average molecular weight is 168 g/mol. The van der Waals surface area contributed by atoms with Crippen molar-refractivity contribution in [1.29, 1.82) is 0 Å². The summed E-state index contributed by atoms with van der Waals surface area (Å²) in [4.78, 5) is 2.67. The molecule has 0 bridgehead atoms. The highest BCUT2D eigenvalue weighted by molar-refractivity contribution is 4.92. The van der Waals surface area contributed by atoms with Crippen molar-refractivity contribution < 1.29 is 0 Å². The first kappa shape index (κ1) is 8.52. The molecular formula is C10H20N2. The zero-order valence-electron chi connectivity index (χ0n) is 8.21. The van der Waals surface area contributed by atoms with Gasteiger partial charge < -0.3 is 5.32 Å². The molecule has 0 aromatic rings. The molecule has 12 heavy (non-hydrogen) atoms. The van der Waals surface area contributed by atoms with Gasteiger partial charge in [-0.1, -0.05) is 0 Å². The van der Waals surface area contributed by atoms with Gasteiger partial charge in [0.15, 0.2) is 0 Å². The maximum Gasteiger partial charge on any atom is 0.0263 e. The number of piperidine rings is 1. The third kappa shape index (κ3) is 1.38. The third-order valence-electron chi connectivity index (χ3n) is 3.38. The summed E-state index contributed by atoms with van der Waals surface area (Å²) in [5.74, 6) is 0.946. The minimum Gasteiger partial charge on any atom is -0.315 e. The molecule has 0 aromatic heterocycles. The van der Waals surface area contributed by atoms with Crippen molar-refractivity contribution >= 4 is 0 Å². The highest BCUT2D eigenvalue weighted by Crippen LogP contribution is 2.27. The molecule has 0 unspecified atom stereocenters. The number of nitrogens with zero attached hydrogens (tertiary/aromatic N) is 1. The SMILES string of the molecule is CC(C)N1CCC[C@H]2CNC[C@H]21. The number of hydrogen-bond acceptors (Lipinski definition) is 2. The molecule has 0 aliphatic carbocycles. The van der Waals surface area contributed by atoms with Gasteiger partial charge in [0.05, 0.1) is 0 Å². The molecule has 2 nitrogen and oxygen atoms in total. The van der Waals surface area contributed by atoms with Crippen LogP contribution >= 0.6 is 0 Å². The normalized spacial score (nSPS) is 37.2. The Kier molecular flexibility index (Phi) is 2.37. The average Bonchev–Trinajstić information content (AvgIpc) is 2.49. The third-order valence-corrected chi connectivity index (χ3v) is 3.38. The van der Waals surface area contributed by atoms with Crippen LogP contribution in [0.5, 0.6) is 0 Å². The molecule has 70 valence electrons. The molecule has 0 aromatic carbocycles. The molecule has 1 N–H and O–H groups in total. The summed E-state index contributed by atoms with van der Waals surface area (Å²) in [5.41, 5.74) is 0. The molecule has 2 aliphatic rings. The highest BCUT2D eigenvalue weighted by Gasteiger charge is 2.35. The largest absolute Gasteiger partial charge is 0.315 e. The van der Waals surface area contributed by atoms with Crippen LogP contribution in [-0.4, -0.2) is 36.6 Å². The number of rotatable bonds is 1. The van der Waals surface area contributed by atoms with Gasteiger partial charge in [-0.05, 0) is 45.7 Å². The molecule has 0 radical (unpaired) electrons. The topological polar surface area (TPSA) is 15.3 Å². The standard InChI is InChI=1S/C10H20N2/c1-8(2)12-5-3-4-9-6-11-7-10(9)12/h8-11H,3-7H2,1-2H3/t9-,10+/m0/s1. The van der Waals surface area contributed by atoms with Gasteiger partial charge in [0.2, 0.25) is 0 Å². The van der Waals surface area contributed by atoms with E-state index in [0.29, 0.717) is 0 Å². The molecule has 2 rings (SSSR count). The molecule has 0 spiro atoms. The zero-order chi connectivity index (χ0) is 8.55. The van der Waals surface area contributed by atoms with Crippen LogP contribution < -0.4 is 5.32 Å². The summed E-state index contributed by atoms with van der Waals surface area (Å²) in [6, 6.07) is 1.58. The van der Waals surface area contributed by atoms with E-state index in [1.165, 1.54) is 32.5 Å². The van der Waals surface area contributed by atoms with Crippen LogP contribution in [-0.2, 0) is 0 Å². The van der Waals surface area contributed by atoms with Gasteiger partial charge >= 0.3 is 0 Å². The van der Waals surface area contributed by atoms with Crippen LogP contribution in [0.3, 0.4) is 0 Å². The molecule has 2 heterocycles.